The van der Waals surface area contributed by atoms with Crippen LogP contribution in [0.5, 0.6) is 0 Å². The molecule has 0 fully saturated rings. The summed E-state index contributed by atoms with van der Waals surface area (Å²) in [5, 5.41) is 4.99. The molecule has 0 spiro atoms. The largest absolute Gasteiger partial charge is 0.350 e. The molecule has 3 aromatic rings. The SMILES string of the molecule is O=C1ON=C(c2ccccc2)C1c1ccc2ccccc2n1. The second-order valence-electron chi connectivity index (χ2n) is 5.11. The molecule has 106 valence electrons. The van der Waals surface area contributed by atoms with Crippen molar-refractivity contribution >= 4 is 22.6 Å². The summed E-state index contributed by atoms with van der Waals surface area (Å²) < 4.78 is 0. The second kappa shape index (κ2) is 5.07. The van der Waals surface area contributed by atoms with E-state index in [1.54, 1.807) is 0 Å². The van der Waals surface area contributed by atoms with Gasteiger partial charge in [0.2, 0.25) is 0 Å². The minimum atomic E-state index is -0.577. The Kier molecular flexibility index (Phi) is 2.93. The molecule has 0 saturated heterocycles. The molecule has 4 heteroatoms. The Morgan fingerprint density at radius 1 is 0.864 bits per heavy atom. The smallest absolute Gasteiger partial charge is 0.317 e. The Hall–Kier alpha value is -3.01. The number of pyridine rings is 1. The van der Waals surface area contributed by atoms with Gasteiger partial charge in [0.05, 0.1) is 11.2 Å². The number of benzene rings is 2. The number of nitrogens with zero attached hydrogens (tertiary/aromatic N) is 2. The Labute approximate surface area is 127 Å². The monoisotopic (exact) mass is 288 g/mol. The minimum Gasteiger partial charge on any atom is -0.317 e. The lowest BCUT2D eigenvalue weighted by atomic mass is 9.93. The molecule has 1 aliphatic rings. The molecule has 1 aliphatic heterocycles. The molecule has 0 amide bonds. The molecule has 2 heterocycles. The van der Waals surface area contributed by atoms with Gasteiger partial charge >= 0.3 is 5.97 Å². The van der Waals surface area contributed by atoms with E-state index in [2.05, 4.69) is 10.1 Å². The van der Waals surface area contributed by atoms with Gasteiger partial charge in [0.15, 0.2) is 0 Å². The number of hydrogen-bond donors (Lipinski definition) is 0. The summed E-state index contributed by atoms with van der Waals surface area (Å²) in [5.41, 5.74) is 2.98. The van der Waals surface area contributed by atoms with Crippen molar-refractivity contribution in [2.24, 2.45) is 5.16 Å². The van der Waals surface area contributed by atoms with Crippen molar-refractivity contribution in [3.05, 3.63) is 78.0 Å². The topological polar surface area (TPSA) is 51.5 Å². The summed E-state index contributed by atoms with van der Waals surface area (Å²) in [6.45, 7) is 0. The van der Waals surface area contributed by atoms with Crippen LogP contribution in [0.25, 0.3) is 10.9 Å². The van der Waals surface area contributed by atoms with Gasteiger partial charge in [-0.15, -0.1) is 0 Å². The number of hydrogen-bond acceptors (Lipinski definition) is 4. The standard InChI is InChI=1S/C18H12N2O2/c21-18-16(17(20-22-18)13-7-2-1-3-8-13)15-11-10-12-6-4-5-9-14(12)19-15/h1-11,16H. The fraction of sp³-hybridized carbons (Fsp3) is 0.0556. The first-order valence-electron chi connectivity index (χ1n) is 7.03. The summed E-state index contributed by atoms with van der Waals surface area (Å²) in [6, 6.07) is 21.2. The average molecular weight is 288 g/mol. The third kappa shape index (κ3) is 2.05. The van der Waals surface area contributed by atoms with E-state index >= 15 is 0 Å². The van der Waals surface area contributed by atoms with Crippen LogP contribution >= 0.6 is 0 Å². The highest BCUT2D eigenvalue weighted by Gasteiger charge is 2.36. The number of rotatable bonds is 2. The Morgan fingerprint density at radius 3 is 2.50 bits per heavy atom. The van der Waals surface area contributed by atoms with Crippen LogP contribution in [0.1, 0.15) is 17.2 Å². The van der Waals surface area contributed by atoms with Gasteiger partial charge in [-0.1, -0.05) is 59.8 Å². The van der Waals surface area contributed by atoms with Crippen molar-refractivity contribution in [1.82, 2.24) is 4.98 Å². The first kappa shape index (κ1) is 12.7. The van der Waals surface area contributed by atoms with Crippen molar-refractivity contribution < 1.29 is 9.63 Å². The Morgan fingerprint density at radius 2 is 1.64 bits per heavy atom. The Balaban J connectivity index is 1.81. The van der Waals surface area contributed by atoms with Crippen molar-refractivity contribution in [3.8, 4) is 0 Å². The van der Waals surface area contributed by atoms with Crippen LogP contribution in [0, 0.1) is 0 Å². The van der Waals surface area contributed by atoms with Crippen molar-refractivity contribution in [3.63, 3.8) is 0 Å². The predicted octanol–water partition coefficient (Wildman–Crippen LogP) is 3.28. The molecule has 22 heavy (non-hydrogen) atoms. The van der Waals surface area contributed by atoms with Crippen molar-refractivity contribution in [2.45, 2.75) is 5.92 Å². The van der Waals surface area contributed by atoms with E-state index in [1.165, 1.54) is 0 Å². The van der Waals surface area contributed by atoms with Gasteiger partial charge < -0.3 is 4.84 Å². The third-order valence-electron chi connectivity index (χ3n) is 3.73. The summed E-state index contributed by atoms with van der Waals surface area (Å²) in [5.74, 6) is -0.964. The van der Waals surface area contributed by atoms with E-state index in [0.29, 0.717) is 11.4 Å². The van der Waals surface area contributed by atoms with Gasteiger partial charge in [0.1, 0.15) is 11.6 Å². The predicted molar refractivity (Wildman–Crippen MR) is 83.6 cm³/mol. The lowest BCUT2D eigenvalue weighted by Crippen LogP contribution is -2.18. The molecule has 0 saturated carbocycles. The highest BCUT2D eigenvalue weighted by molar-refractivity contribution is 6.17. The molecule has 4 rings (SSSR count). The second-order valence-corrected chi connectivity index (χ2v) is 5.11. The summed E-state index contributed by atoms with van der Waals surface area (Å²) in [6.07, 6.45) is 0. The zero-order valence-electron chi connectivity index (χ0n) is 11.6. The van der Waals surface area contributed by atoms with E-state index in [4.69, 9.17) is 4.84 Å². The lowest BCUT2D eigenvalue weighted by molar-refractivity contribution is -0.141. The molecular formula is C18H12N2O2. The van der Waals surface area contributed by atoms with E-state index in [-0.39, 0.29) is 5.97 Å². The summed E-state index contributed by atoms with van der Waals surface area (Å²) in [7, 11) is 0. The van der Waals surface area contributed by atoms with Gasteiger partial charge in [-0.25, -0.2) is 4.79 Å². The highest BCUT2D eigenvalue weighted by atomic mass is 16.7. The number of oxime groups is 1. The van der Waals surface area contributed by atoms with E-state index in [0.717, 1.165) is 16.5 Å². The van der Waals surface area contributed by atoms with E-state index in [9.17, 15) is 4.79 Å². The van der Waals surface area contributed by atoms with Crippen LogP contribution in [0.2, 0.25) is 0 Å². The molecule has 0 radical (unpaired) electrons. The number of aromatic nitrogens is 1. The van der Waals surface area contributed by atoms with Crippen molar-refractivity contribution in [1.29, 1.82) is 0 Å². The molecule has 0 aliphatic carbocycles. The van der Waals surface area contributed by atoms with Crippen LogP contribution in [-0.4, -0.2) is 16.7 Å². The van der Waals surface area contributed by atoms with Gasteiger partial charge in [-0.2, -0.15) is 0 Å². The maximum Gasteiger partial charge on any atom is 0.350 e. The average Bonchev–Trinajstić information content (AvgIpc) is 2.97. The first-order valence-corrected chi connectivity index (χ1v) is 7.03. The molecule has 0 bridgehead atoms. The normalized spacial score (nSPS) is 17.4. The van der Waals surface area contributed by atoms with Crippen LogP contribution < -0.4 is 0 Å². The van der Waals surface area contributed by atoms with Gasteiger partial charge in [-0.05, 0) is 12.1 Å². The molecular weight excluding hydrogens is 276 g/mol. The first-order chi connectivity index (χ1) is 10.8. The van der Waals surface area contributed by atoms with Gasteiger partial charge in [0, 0.05) is 10.9 Å². The van der Waals surface area contributed by atoms with Crippen LogP contribution in [0.3, 0.4) is 0 Å². The van der Waals surface area contributed by atoms with Crippen LogP contribution in [0.15, 0.2) is 71.9 Å². The zero-order valence-corrected chi connectivity index (χ0v) is 11.6. The number of fused-ring (bicyclic) bond motifs is 1. The maximum absolute atomic E-state index is 12.1. The molecule has 0 N–H and O–H groups in total. The van der Waals surface area contributed by atoms with Crippen LogP contribution in [-0.2, 0) is 9.63 Å². The fourth-order valence-electron chi connectivity index (χ4n) is 2.64. The molecule has 1 aromatic heterocycles. The van der Waals surface area contributed by atoms with E-state index < -0.39 is 5.92 Å². The Bertz CT molecular complexity index is 888. The summed E-state index contributed by atoms with van der Waals surface area (Å²) >= 11 is 0. The molecule has 1 atom stereocenters. The quantitative estimate of drug-likeness (QED) is 0.680. The fourth-order valence-corrected chi connectivity index (χ4v) is 2.64. The number of carbonyl (C=O) groups excluding carboxylic acids is 1. The maximum atomic E-state index is 12.1. The van der Waals surface area contributed by atoms with Gasteiger partial charge in [-0.3, -0.25) is 4.98 Å². The number of carbonyl (C=O) groups is 1. The van der Waals surface area contributed by atoms with Crippen molar-refractivity contribution in [2.75, 3.05) is 0 Å². The minimum absolute atomic E-state index is 0.387. The third-order valence-corrected chi connectivity index (χ3v) is 3.73. The molecule has 1 unspecified atom stereocenters. The summed E-state index contributed by atoms with van der Waals surface area (Å²) in [4.78, 5) is 21.6. The molecule has 2 aromatic carbocycles. The van der Waals surface area contributed by atoms with Gasteiger partial charge in [0.25, 0.3) is 0 Å². The lowest BCUT2D eigenvalue weighted by Gasteiger charge is -2.09. The highest BCUT2D eigenvalue weighted by Crippen LogP contribution is 2.28. The number of para-hydroxylation sites is 1. The zero-order chi connectivity index (χ0) is 14.9. The van der Waals surface area contributed by atoms with Crippen LogP contribution in [0.4, 0.5) is 0 Å². The van der Waals surface area contributed by atoms with E-state index in [1.807, 2.05) is 66.7 Å². The molecule has 4 nitrogen and oxygen atoms in total.